The number of carbonyl (C=O) groups is 2. The molecule has 0 saturated carbocycles. The molecule has 198 valence electrons. The van der Waals surface area contributed by atoms with Gasteiger partial charge in [-0.2, -0.15) is 0 Å². The fourth-order valence-electron chi connectivity index (χ4n) is 4.86. The van der Waals surface area contributed by atoms with Gasteiger partial charge >= 0.3 is 0 Å². The van der Waals surface area contributed by atoms with Crippen molar-refractivity contribution in [1.82, 2.24) is 0 Å². The first-order chi connectivity index (χ1) is 18.2. The monoisotopic (exact) mass is 534 g/mol. The number of hydrogen-bond acceptors (Lipinski definition) is 6. The van der Waals surface area contributed by atoms with Gasteiger partial charge in [0.2, 0.25) is 0 Å². The summed E-state index contributed by atoms with van der Waals surface area (Å²) >= 11 is 6.26. The van der Waals surface area contributed by atoms with Crippen molar-refractivity contribution in [3.8, 4) is 11.5 Å². The fraction of sp³-hybridized carbons (Fsp3) is 0.267. The van der Waals surface area contributed by atoms with Crippen molar-refractivity contribution in [3.05, 3.63) is 87.9 Å². The minimum absolute atomic E-state index is 0.0453. The summed E-state index contributed by atoms with van der Waals surface area (Å²) in [4.78, 5) is 30.7. The van der Waals surface area contributed by atoms with Crippen molar-refractivity contribution in [2.45, 2.75) is 26.8 Å². The Morgan fingerprint density at radius 3 is 2.21 bits per heavy atom. The van der Waals surface area contributed by atoms with E-state index in [0.717, 1.165) is 24.3 Å². The average Bonchev–Trinajstić information content (AvgIpc) is 3.19. The predicted octanol–water partition coefficient (Wildman–Crippen LogP) is 6.14. The van der Waals surface area contributed by atoms with Crippen LogP contribution in [0.25, 0.3) is 5.76 Å². The number of anilines is 2. The van der Waals surface area contributed by atoms with Crippen LogP contribution in [0.15, 0.2) is 66.2 Å². The highest BCUT2D eigenvalue weighted by Crippen LogP contribution is 2.45. The lowest BCUT2D eigenvalue weighted by Gasteiger charge is -2.27. The number of ether oxygens (including phenoxy) is 2. The lowest BCUT2D eigenvalue weighted by atomic mass is 9.94. The lowest BCUT2D eigenvalue weighted by Crippen LogP contribution is -2.29. The molecule has 4 rings (SSSR count). The van der Waals surface area contributed by atoms with E-state index in [2.05, 4.69) is 18.7 Å². The van der Waals surface area contributed by atoms with Gasteiger partial charge < -0.3 is 19.5 Å². The number of hydrogen-bond donors (Lipinski definition) is 1. The molecule has 0 aliphatic carbocycles. The van der Waals surface area contributed by atoms with Gasteiger partial charge in [0.25, 0.3) is 11.7 Å². The standard InChI is InChI=1S/C30H31ClN2O5/c1-6-32(7-2)20-11-13-21(14-12-20)33-27(19-10-8-9-18(3)15-19)26(29(35)30(33)36)28(34)22-16-25(38-5)23(31)17-24(22)37-4/h8-17,27,34H,6-7H2,1-5H3/b28-26+. The third-order valence-corrected chi connectivity index (χ3v) is 7.08. The summed E-state index contributed by atoms with van der Waals surface area (Å²) in [6.45, 7) is 7.77. The fourth-order valence-corrected chi connectivity index (χ4v) is 5.09. The third-order valence-electron chi connectivity index (χ3n) is 6.79. The first-order valence-electron chi connectivity index (χ1n) is 12.4. The van der Waals surface area contributed by atoms with E-state index in [-0.39, 0.29) is 27.7 Å². The molecule has 1 saturated heterocycles. The van der Waals surface area contributed by atoms with Crippen molar-refractivity contribution in [1.29, 1.82) is 0 Å². The molecule has 0 spiro atoms. The van der Waals surface area contributed by atoms with E-state index in [1.54, 1.807) is 0 Å². The maximum atomic E-state index is 13.5. The molecule has 1 amide bonds. The van der Waals surface area contributed by atoms with Crippen LogP contribution < -0.4 is 19.3 Å². The molecule has 0 radical (unpaired) electrons. The number of aliphatic hydroxyl groups excluding tert-OH is 1. The molecule has 8 heteroatoms. The van der Waals surface area contributed by atoms with Crippen molar-refractivity contribution in [3.63, 3.8) is 0 Å². The van der Waals surface area contributed by atoms with E-state index in [0.29, 0.717) is 17.0 Å². The zero-order chi connectivity index (χ0) is 27.6. The number of halogens is 1. The van der Waals surface area contributed by atoms with Crippen LogP contribution in [0.4, 0.5) is 11.4 Å². The van der Waals surface area contributed by atoms with Gasteiger partial charge in [0.1, 0.15) is 17.3 Å². The number of methoxy groups -OCH3 is 2. The van der Waals surface area contributed by atoms with Crippen LogP contribution in [0, 0.1) is 6.92 Å². The maximum Gasteiger partial charge on any atom is 0.300 e. The SMILES string of the molecule is CCN(CC)c1ccc(N2C(=O)C(=O)/C(=C(/O)c3cc(OC)c(Cl)cc3OC)C2c2cccc(C)c2)cc1. The van der Waals surface area contributed by atoms with Crippen molar-refractivity contribution in [2.75, 3.05) is 37.1 Å². The molecule has 0 aromatic heterocycles. The number of aliphatic hydroxyl groups is 1. The van der Waals surface area contributed by atoms with E-state index in [1.165, 1.54) is 31.3 Å². The number of amides is 1. The van der Waals surface area contributed by atoms with Gasteiger partial charge in [-0.3, -0.25) is 14.5 Å². The van der Waals surface area contributed by atoms with Gasteiger partial charge in [0.15, 0.2) is 0 Å². The van der Waals surface area contributed by atoms with Gasteiger partial charge in [-0.05, 0) is 56.7 Å². The Kier molecular flexibility index (Phi) is 7.97. The molecule has 3 aromatic carbocycles. The molecule has 1 aliphatic rings. The Morgan fingerprint density at radius 2 is 1.63 bits per heavy atom. The third kappa shape index (κ3) is 4.82. The molecule has 1 unspecified atom stereocenters. The molecule has 3 aromatic rings. The molecular formula is C30H31ClN2O5. The lowest BCUT2D eigenvalue weighted by molar-refractivity contribution is -0.132. The summed E-state index contributed by atoms with van der Waals surface area (Å²) in [5, 5.41) is 11.9. The van der Waals surface area contributed by atoms with Crippen LogP contribution in [0.3, 0.4) is 0 Å². The molecule has 38 heavy (non-hydrogen) atoms. The first-order valence-corrected chi connectivity index (χ1v) is 12.8. The first kappa shape index (κ1) is 27.1. The molecule has 0 bridgehead atoms. The smallest absolute Gasteiger partial charge is 0.300 e. The Balaban J connectivity index is 1.94. The number of ketones is 1. The van der Waals surface area contributed by atoms with Crippen molar-refractivity contribution < 1.29 is 24.2 Å². The number of Topliss-reactive ketones (excluding diaryl/α,β-unsaturated/α-hetero) is 1. The van der Waals surface area contributed by atoms with E-state index in [4.69, 9.17) is 21.1 Å². The summed E-state index contributed by atoms with van der Waals surface area (Å²) in [6, 6.07) is 17.2. The summed E-state index contributed by atoms with van der Waals surface area (Å²) in [5.74, 6) is -1.36. The molecule has 1 aliphatic heterocycles. The zero-order valence-corrected chi connectivity index (χ0v) is 22.9. The van der Waals surface area contributed by atoms with Crippen LogP contribution in [-0.2, 0) is 9.59 Å². The van der Waals surface area contributed by atoms with E-state index in [1.807, 2.05) is 55.5 Å². The van der Waals surface area contributed by atoms with Crippen LogP contribution in [0.5, 0.6) is 11.5 Å². The number of benzene rings is 3. The highest BCUT2D eigenvalue weighted by molar-refractivity contribution is 6.51. The van der Waals surface area contributed by atoms with Gasteiger partial charge in [-0.15, -0.1) is 0 Å². The summed E-state index contributed by atoms with van der Waals surface area (Å²) in [5.41, 5.74) is 3.36. The normalized spacial score (nSPS) is 16.6. The van der Waals surface area contributed by atoms with Crippen molar-refractivity contribution >= 4 is 40.4 Å². The number of rotatable bonds is 8. The molecule has 1 fully saturated rings. The van der Waals surface area contributed by atoms with E-state index < -0.39 is 17.7 Å². The van der Waals surface area contributed by atoms with Crippen molar-refractivity contribution in [2.24, 2.45) is 0 Å². The number of aryl methyl sites for hydroxylation is 1. The minimum Gasteiger partial charge on any atom is -0.507 e. The topological polar surface area (TPSA) is 79.3 Å². The predicted molar refractivity (Wildman–Crippen MR) is 151 cm³/mol. The number of carbonyl (C=O) groups excluding carboxylic acids is 2. The Hall–Kier alpha value is -3.97. The molecule has 7 nitrogen and oxygen atoms in total. The average molecular weight is 535 g/mol. The van der Waals surface area contributed by atoms with Crippen LogP contribution >= 0.6 is 11.6 Å². The van der Waals surface area contributed by atoms with Crippen LogP contribution in [0.1, 0.15) is 36.6 Å². The highest BCUT2D eigenvalue weighted by Gasteiger charge is 2.47. The van der Waals surface area contributed by atoms with Gasteiger partial charge in [-0.25, -0.2) is 0 Å². The second-order valence-electron chi connectivity index (χ2n) is 8.96. The van der Waals surface area contributed by atoms with Crippen LogP contribution in [-0.4, -0.2) is 44.1 Å². The largest absolute Gasteiger partial charge is 0.507 e. The Morgan fingerprint density at radius 1 is 0.974 bits per heavy atom. The van der Waals surface area contributed by atoms with E-state index in [9.17, 15) is 14.7 Å². The quantitative estimate of drug-likeness (QED) is 0.212. The zero-order valence-electron chi connectivity index (χ0n) is 22.1. The second kappa shape index (κ2) is 11.2. The summed E-state index contributed by atoms with van der Waals surface area (Å²) < 4.78 is 10.8. The summed E-state index contributed by atoms with van der Waals surface area (Å²) in [6.07, 6.45) is 0. The van der Waals surface area contributed by atoms with Gasteiger partial charge in [-0.1, -0.05) is 41.4 Å². The molecule has 1 atom stereocenters. The van der Waals surface area contributed by atoms with E-state index >= 15 is 0 Å². The Labute approximate surface area is 227 Å². The molecular weight excluding hydrogens is 504 g/mol. The molecule has 1 heterocycles. The molecule has 1 N–H and O–H groups in total. The van der Waals surface area contributed by atoms with Gasteiger partial charge in [0.05, 0.1) is 36.4 Å². The maximum absolute atomic E-state index is 13.5. The minimum atomic E-state index is -0.861. The number of nitrogens with zero attached hydrogens (tertiary/aromatic N) is 2. The Bertz CT molecular complexity index is 1400. The highest BCUT2D eigenvalue weighted by atomic mass is 35.5. The second-order valence-corrected chi connectivity index (χ2v) is 9.37. The van der Waals surface area contributed by atoms with Crippen LogP contribution in [0.2, 0.25) is 5.02 Å². The summed E-state index contributed by atoms with van der Waals surface area (Å²) in [7, 11) is 2.88. The van der Waals surface area contributed by atoms with Gasteiger partial charge in [0, 0.05) is 30.5 Å².